The molecule has 0 aliphatic rings. The summed E-state index contributed by atoms with van der Waals surface area (Å²) < 4.78 is 7.76. The Morgan fingerprint density at radius 1 is 1.40 bits per heavy atom. The van der Waals surface area contributed by atoms with Crippen LogP contribution in [-0.4, -0.2) is 27.5 Å². The second-order valence-corrected chi connectivity index (χ2v) is 5.40. The van der Waals surface area contributed by atoms with E-state index in [0.717, 1.165) is 30.9 Å². The van der Waals surface area contributed by atoms with Crippen molar-refractivity contribution in [2.45, 2.75) is 40.0 Å². The summed E-state index contributed by atoms with van der Waals surface area (Å²) in [6, 6.07) is 0. The van der Waals surface area contributed by atoms with Gasteiger partial charge < -0.3 is 10.1 Å². The van der Waals surface area contributed by atoms with Crippen LogP contribution in [0.4, 0.5) is 5.82 Å². The van der Waals surface area contributed by atoms with Gasteiger partial charge in [0.25, 0.3) is 5.88 Å². The molecule has 0 amide bonds. The number of aromatic nitrogens is 3. The second kappa shape index (κ2) is 7.12. The maximum absolute atomic E-state index is 5.81. The lowest BCUT2D eigenvalue weighted by Gasteiger charge is -2.10. The normalized spacial score (nSPS) is 11.2. The molecular weight excluding hydrogens is 252 g/mol. The van der Waals surface area contributed by atoms with Crippen LogP contribution in [0.3, 0.4) is 0 Å². The third-order valence-electron chi connectivity index (χ3n) is 3.06. The van der Waals surface area contributed by atoms with Gasteiger partial charge in [0.15, 0.2) is 0 Å². The highest BCUT2D eigenvalue weighted by Crippen LogP contribution is 2.19. The van der Waals surface area contributed by atoms with Crippen molar-refractivity contribution >= 4 is 11.5 Å². The fourth-order valence-corrected chi connectivity index (χ4v) is 2.00. The van der Waals surface area contributed by atoms with Gasteiger partial charge in [-0.05, 0) is 25.2 Å². The van der Waals surface area contributed by atoms with Gasteiger partial charge in [-0.1, -0.05) is 20.8 Å². The highest BCUT2D eigenvalue weighted by Gasteiger charge is 2.08. The van der Waals surface area contributed by atoms with E-state index in [2.05, 4.69) is 36.1 Å². The largest absolute Gasteiger partial charge is 0.475 e. The zero-order valence-electron chi connectivity index (χ0n) is 12.6. The summed E-state index contributed by atoms with van der Waals surface area (Å²) in [4.78, 5) is 8.81. The third kappa shape index (κ3) is 3.85. The minimum Gasteiger partial charge on any atom is -0.475 e. The van der Waals surface area contributed by atoms with Crippen LogP contribution in [0.5, 0.6) is 5.88 Å². The molecule has 0 bridgehead atoms. The molecule has 110 valence electrons. The molecule has 0 atom stereocenters. The molecule has 2 heterocycles. The van der Waals surface area contributed by atoms with E-state index in [1.54, 1.807) is 6.20 Å². The minimum absolute atomic E-state index is 0.611. The summed E-state index contributed by atoms with van der Waals surface area (Å²) in [5.74, 6) is 2.15. The van der Waals surface area contributed by atoms with Gasteiger partial charge in [-0.3, -0.25) is 4.40 Å². The highest BCUT2D eigenvalue weighted by atomic mass is 16.5. The van der Waals surface area contributed by atoms with Gasteiger partial charge in [-0.15, -0.1) is 0 Å². The lowest BCUT2D eigenvalue weighted by atomic mass is 10.1. The number of nitrogens with zero attached hydrogens (tertiary/aromatic N) is 3. The number of rotatable bonds is 8. The summed E-state index contributed by atoms with van der Waals surface area (Å²) in [6.45, 7) is 8.16. The van der Waals surface area contributed by atoms with Crippen LogP contribution < -0.4 is 10.1 Å². The van der Waals surface area contributed by atoms with Crippen LogP contribution in [0.25, 0.3) is 5.65 Å². The van der Waals surface area contributed by atoms with E-state index in [-0.39, 0.29) is 0 Å². The van der Waals surface area contributed by atoms with Crippen molar-refractivity contribution in [3.8, 4) is 5.88 Å². The van der Waals surface area contributed by atoms with Crippen LogP contribution in [0.2, 0.25) is 0 Å². The van der Waals surface area contributed by atoms with Crippen LogP contribution in [0.15, 0.2) is 18.6 Å². The number of hydrogen-bond acceptors (Lipinski definition) is 4. The second-order valence-electron chi connectivity index (χ2n) is 5.40. The van der Waals surface area contributed by atoms with Crippen molar-refractivity contribution in [1.29, 1.82) is 0 Å². The van der Waals surface area contributed by atoms with E-state index in [1.807, 2.05) is 16.8 Å². The van der Waals surface area contributed by atoms with Crippen molar-refractivity contribution < 1.29 is 4.74 Å². The van der Waals surface area contributed by atoms with Crippen molar-refractivity contribution in [3.05, 3.63) is 18.6 Å². The van der Waals surface area contributed by atoms with Crippen LogP contribution in [0, 0.1) is 5.92 Å². The molecule has 0 unspecified atom stereocenters. The highest BCUT2D eigenvalue weighted by molar-refractivity contribution is 5.53. The van der Waals surface area contributed by atoms with Crippen molar-refractivity contribution in [2.75, 3.05) is 18.5 Å². The Morgan fingerprint density at radius 3 is 3.00 bits per heavy atom. The lowest BCUT2D eigenvalue weighted by molar-refractivity contribution is 0.289. The van der Waals surface area contributed by atoms with Gasteiger partial charge in [0, 0.05) is 18.9 Å². The molecule has 0 spiro atoms. The molecule has 0 saturated heterocycles. The average Bonchev–Trinajstić information content (AvgIpc) is 2.89. The minimum atomic E-state index is 0.611. The van der Waals surface area contributed by atoms with Gasteiger partial charge >= 0.3 is 0 Å². The molecule has 2 aromatic rings. The molecule has 20 heavy (non-hydrogen) atoms. The zero-order valence-corrected chi connectivity index (χ0v) is 12.6. The Kier molecular flexibility index (Phi) is 5.21. The molecular formula is C15H24N4O. The zero-order chi connectivity index (χ0) is 14.4. The number of ether oxygens (including phenoxy) is 1. The summed E-state index contributed by atoms with van der Waals surface area (Å²) in [5.41, 5.74) is 0.775. The molecule has 2 aromatic heterocycles. The van der Waals surface area contributed by atoms with Crippen LogP contribution in [-0.2, 0) is 0 Å². The molecule has 5 nitrogen and oxygen atoms in total. The molecule has 0 aliphatic heterocycles. The Hall–Kier alpha value is -1.78. The lowest BCUT2D eigenvalue weighted by Crippen LogP contribution is -2.07. The third-order valence-corrected chi connectivity index (χ3v) is 3.06. The number of anilines is 1. The molecule has 1 N–H and O–H groups in total. The van der Waals surface area contributed by atoms with Crippen molar-refractivity contribution in [2.24, 2.45) is 5.92 Å². The maximum atomic E-state index is 5.81. The van der Waals surface area contributed by atoms with Gasteiger partial charge in [0.05, 0.1) is 12.8 Å². The fourth-order valence-electron chi connectivity index (χ4n) is 2.00. The van der Waals surface area contributed by atoms with E-state index in [1.165, 1.54) is 6.42 Å². The topological polar surface area (TPSA) is 51.5 Å². The Balaban J connectivity index is 2.07. The first-order chi connectivity index (χ1) is 9.70. The van der Waals surface area contributed by atoms with E-state index in [0.29, 0.717) is 18.4 Å². The van der Waals surface area contributed by atoms with E-state index < -0.39 is 0 Å². The number of imidazole rings is 1. The first-order valence-electron chi connectivity index (χ1n) is 7.41. The number of hydrogen-bond donors (Lipinski definition) is 1. The smallest absolute Gasteiger partial charge is 0.260 e. The summed E-state index contributed by atoms with van der Waals surface area (Å²) >= 11 is 0. The first-order valence-corrected chi connectivity index (χ1v) is 7.41. The number of nitrogens with one attached hydrogen (secondary N) is 1. The quantitative estimate of drug-likeness (QED) is 0.751. The Morgan fingerprint density at radius 2 is 2.25 bits per heavy atom. The molecule has 0 aromatic carbocycles. The Labute approximate surface area is 120 Å². The standard InChI is InChI=1S/C15H24N4O/c1-4-7-16-13-11-19-9-8-17-14(19)15(18-13)20-10-5-6-12(2)3/h8-9,11-12,16H,4-7,10H2,1-3H3. The SMILES string of the molecule is CCCNc1cn2ccnc2c(OCCCC(C)C)n1. The predicted molar refractivity (Wildman–Crippen MR) is 81.3 cm³/mol. The molecule has 5 heteroatoms. The Bertz CT molecular complexity index is 536. The fraction of sp³-hybridized carbons (Fsp3) is 0.600. The first kappa shape index (κ1) is 14.6. The summed E-state index contributed by atoms with van der Waals surface area (Å²) in [7, 11) is 0. The molecule has 0 radical (unpaired) electrons. The van der Waals surface area contributed by atoms with Gasteiger partial charge in [-0.2, -0.15) is 4.98 Å². The maximum Gasteiger partial charge on any atom is 0.260 e. The van der Waals surface area contributed by atoms with E-state index in [9.17, 15) is 0 Å². The monoisotopic (exact) mass is 276 g/mol. The predicted octanol–water partition coefficient (Wildman–Crippen LogP) is 3.37. The average molecular weight is 276 g/mol. The van der Waals surface area contributed by atoms with E-state index >= 15 is 0 Å². The molecule has 0 fully saturated rings. The summed E-state index contributed by atoms with van der Waals surface area (Å²) in [6.07, 6.45) is 8.89. The molecule has 2 rings (SSSR count). The van der Waals surface area contributed by atoms with E-state index in [4.69, 9.17) is 4.74 Å². The van der Waals surface area contributed by atoms with Crippen LogP contribution in [0.1, 0.15) is 40.0 Å². The summed E-state index contributed by atoms with van der Waals surface area (Å²) in [5, 5.41) is 3.29. The number of fused-ring (bicyclic) bond motifs is 1. The van der Waals surface area contributed by atoms with Crippen LogP contribution >= 0.6 is 0 Å². The van der Waals surface area contributed by atoms with Crippen molar-refractivity contribution in [1.82, 2.24) is 14.4 Å². The molecule has 0 aliphatic carbocycles. The van der Waals surface area contributed by atoms with Crippen molar-refractivity contribution in [3.63, 3.8) is 0 Å². The van der Waals surface area contributed by atoms with Gasteiger partial charge in [0.1, 0.15) is 5.82 Å². The molecule has 0 saturated carbocycles. The van der Waals surface area contributed by atoms with Gasteiger partial charge in [-0.25, -0.2) is 4.98 Å². The van der Waals surface area contributed by atoms with Gasteiger partial charge in [0.2, 0.25) is 5.65 Å².